The van der Waals surface area contributed by atoms with Crippen LogP contribution in [-0.2, 0) is 0 Å². The highest BCUT2D eigenvalue weighted by atomic mass is 32.2. The standard InChI is InChI=1S/C19H17NO2S/c1-21-14-12-17(22-2)19(16-10-6-7-11-20-16)18(13-14)23-15-8-4-3-5-9-15/h3-13H,1-2H3. The minimum absolute atomic E-state index is 0.751. The molecule has 3 aromatic rings. The van der Waals surface area contributed by atoms with Crippen LogP contribution in [0.3, 0.4) is 0 Å². The molecule has 0 saturated carbocycles. The average molecular weight is 323 g/mol. The smallest absolute Gasteiger partial charge is 0.133 e. The molecular weight excluding hydrogens is 306 g/mol. The Morgan fingerprint density at radius 3 is 2.30 bits per heavy atom. The zero-order chi connectivity index (χ0) is 16.1. The second-order valence-electron chi connectivity index (χ2n) is 4.83. The number of benzene rings is 2. The van der Waals surface area contributed by atoms with Gasteiger partial charge in [0.15, 0.2) is 0 Å². The van der Waals surface area contributed by atoms with Crippen LogP contribution in [-0.4, -0.2) is 19.2 Å². The lowest BCUT2D eigenvalue weighted by Crippen LogP contribution is -1.94. The predicted octanol–water partition coefficient (Wildman–Crippen LogP) is 4.92. The molecular formula is C19H17NO2S. The Bertz CT molecular complexity index is 776. The number of pyridine rings is 1. The van der Waals surface area contributed by atoms with E-state index in [1.54, 1.807) is 32.2 Å². The van der Waals surface area contributed by atoms with E-state index in [2.05, 4.69) is 17.1 Å². The molecule has 1 aromatic heterocycles. The molecule has 0 atom stereocenters. The number of aromatic nitrogens is 1. The van der Waals surface area contributed by atoms with E-state index in [0.29, 0.717) is 0 Å². The van der Waals surface area contributed by atoms with E-state index < -0.39 is 0 Å². The first-order valence-electron chi connectivity index (χ1n) is 7.22. The fraction of sp³-hybridized carbons (Fsp3) is 0.105. The van der Waals surface area contributed by atoms with Crippen molar-refractivity contribution < 1.29 is 9.47 Å². The zero-order valence-corrected chi connectivity index (χ0v) is 13.8. The largest absolute Gasteiger partial charge is 0.497 e. The van der Waals surface area contributed by atoms with E-state index in [1.807, 2.05) is 48.5 Å². The Morgan fingerprint density at radius 1 is 0.870 bits per heavy atom. The van der Waals surface area contributed by atoms with Gasteiger partial charge in [-0.05, 0) is 30.3 Å². The fourth-order valence-corrected chi connectivity index (χ4v) is 3.33. The highest BCUT2D eigenvalue weighted by molar-refractivity contribution is 7.99. The molecule has 0 saturated heterocycles. The van der Waals surface area contributed by atoms with Crippen LogP contribution in [0.2, 0.25) is 0 Å². The fourth-order valence-electron chi connectivity index (χ4n) is 2.30. The van der Waals surface area contributed by atoms with E-state index in [1.165, 1.54) is 0 Å². The number of ether oxygens (including phenoxy) is 2. The summed E-state index contributed by atoms with van der Waals surface area (Å²) in [6, 6.07) is 20.0. The van der Waals surface area contributed by atoms with Crippen molar-refractivity contribution in [3.63, 3.8) is 0 Å². The van der Waals surface area contributed by atoms with Gasteiger partial charge in [0.1, 0.15) is 11.5 Å². The number of rotatable bonds is 5. The third-order valence-electron chi connectivity index (χ3n) is 3.39. The van der Waals surface area contributed by atoms with Crippen molar-refractivity contribution in [3.8, 4) is 22.8 Å². The molecule has 0 unspecified atom stereocenters. The minimum atomic E-state index is 0.751. The Morgan fingerprint density at radius 2 is 1.65 bits per heavy atom. The van der Waals surface area contributed by atoms with Gasteiger partial charge in [-0.25, -0.2) is 0 Å². The van der Waals surface area contributed by atoms with Crippen molar-refractivity contribution in [2.24, 2.45) is 0 Å². The molecule has 23 heavy (non-hydrogen) atoms. The van der Waals surface area contributed by atoms with Crippen LogP contribution >= 0.6 is 11.8 Å². The summed E-state index contributed by atoms with van der Waals surface area (Å²) < 4.78 is 11.0. The molecule has 3 rings (SSSR count). The quantitative estimate of drug-likeness (QED) is 0.667. The van der Waals surface area contributed by atoms with Crippen molar-refractivity contribution in [2.45, 2.75) is 9.79 Å². The van der Waals surface area contributed by atoms with Gasteiger partial charge in [0.05, 0.1) is 25.5 Å². The normalized spacial score (nSPS) is 10.3. The summed E-state index contributed by atoms with van der Waals surface area (Å²) in [4.78, 5) is 6.68. The second kappa shape index (κ2) is 7.20. The van der Waals surface area contributed by atoms with Crippen molar-refractivity contribution in [3.05, 3.63) is 66.9 Å². The molecule has 2 aromatic carbocycles. The number of hydrogen-bond donors (Lipinski definition) is 0. The Labute approximate surface area is 140 Å². The van der Waals surface area contributed by atoms with Crippen LogP contribution in [0.4, 0.5) is 0 Å². The summed E-state index contributed by atoms with van der Waals surface area (Å²) in [6.45, 7) is 0. The van der Waals surface area contributed by atoms with Crippen LogP contribution < -0.4 is 9.47 Å². The van der Waals surface area contributed by atoms with Gasteiger partial charge in [0.25, 0.3) is 0 Å². The van der Waals surface area contributed by atoms with Crippen molar-refractivity contribution >= 4 is 11.8 Å². The average Bonchev–Trinajstić information content (AvgIpc) is 2.62. The molecule has 0 N–H and O–H groups in total. The molecule has 0 bridgehead atoms. The number of methoxy groups -OCH3 is 2. The SMILES string of the molecule is COc1cc(OC)c(-c2ccccn2)c(Sc2ccccc2)c1. The van der Waals surface area contributed by atoms with E-state index in [-0.39, 0.29) is 0 Å². The van der Waals surface area contributed by atoms with Crippen LogP contribution in [0, 0.1) is 0 Å². The Kier molecular flexibility index (Phi) is 4.83. The second-order valence-corrected chi connectivity index (χ2v) is 5.95. The lowest BCUT2D eigenvalue weighted by Gasteiger charge is -2.15. The van der Waals surface area contributed by atoms with Crippen LogP contribution in [0.25, 0.3) is 11.3 Å². The maximum absolute atomic E-state index is 5.59. The summed E-state index contributed by atoms with van der Waals surface area (Å²) in [5, 5.41) is 0. The van der Waals surface area contributed by atoms with Gasteiger partial charge in [0.2, 0.25) is 0 Å². The molecule has 3 nitrogen and oxygen atoms in total. The maximum atomic E-state index is 5.59. The molecule has 0 amide bonds. The summed E-state index contributed by atoms with van der Waals surface area (Å²) >= 11 is 1.67. The monoisotopic (exact) mass is 323 g/mol. The van der Waals surface area contributed by atoms with Gasteiger partial charge in [-0.15, -0.1) is 0 Å². The minimum Gasteiger partial charge on any atom is -0.497 e. The lowest BCUT2D eigenvalue weighted by atomic mass is 10.1. The first-order valence-corrected chi connectivity index (χ1v) is 8.04. The third kappa shape index (κ3) is 3.48. The van der Waals surface area contributed by atoms with Crippen LogP contribution in [0.15, 0.2) is 76.7 Å². The zero-order valence-electron chi connectivity index (χ0n) is 13.0. The van der Waals surface area contributed by atoms with Crippen molar-refractivity contribution in [1.82, 2.24) is 4.98 Å². The van der Waals surface area contributed by atoms with E-state index >= 15 is 0 Å². The molecule has 0 aliphatic rings. The van der Waals surface area contributed by atoms with E-state index in [9.17, 15) is 0 Å². The maximum Gasteiger partial charge on any atom is 0.133 e. The van der Waals surface area contributed by atoms with Gasteiger partial charge in [-0.2, -0.15) is 0 Å². The number of nitrogens with zero attached hydrogens (tertiary/aromatic N) is 1. The van der Waals surface area contributed by atoms with Crippen molar-refractivity contribution in [2.75, 3.05) is 14.2 Å². The molecule has 0 spiro atoms. The lowest BCUT2D eigenvalue weighted by molar-refractivity contribution is 0.393. The van der Waals surface area contributed by atoms with Crippen molar-refractivity contribution in [1.29, 1.82) is 0 Å². The highest BCUT2D eigenvalue weighted by Gasteiger charge is 2.16. The first kappa shape index (κ1) is 15.4. The molecule has 0 fully saturated rings. The first-order chi connectivity index (χ1) is 11.3. The Balaban J connectivity index is 2.15. The number of hydrogen-bond acceptors (Lipinski definition) is 4. The van der Waals surface area contributed by atoms with Gasteiger partial charge in [-0.3, -0.25) is 4.98 Å². The topological polar surface area (TPSA) is 31.4 Å². The highest BCUT2D eigenvalue weighted by Crippen LogP contribution is 2.43. The van der Waals surface area contributed by atoms with Gasteiger partial charge in [-0.1, -0.05) is 36.0 Å². The molecule has 0 aliphatic carbocycles. The van der Waals surface area contributed by atoms with Crippen LogP contribution in [0.1, 0.15) is 0 Å². The summed E-state index contributed by atoms with van der Waals surface area (Å²) in [6.07, 6.45) is 1.79. The Hall–Kier alpha value is -2.46. The van der Waals surface area contributed by atoms with Gasteiger partial charge in [0, 0.05) is 22.1 Å². The predicted molar refractivity (Wildman–Crippen MR) is 93.3 cm³/mol. The third-order valence-corrected chi connectivity index (χ3v) is 4.44. The molecule has 4 heteroatoms. The molecule has 0 aliphatic heterocycles. The summed E-state index contributed by atoms with van der Waals surface area (Å²) in [5.74, 6) is 1.52. The molecule has 0 radical (unpaired) electrons. The van der Waals surface area contributed by atoms with E-state index in [0.717, 1.165) is 32.5 Å². The van der Waals surface area contributed by atoms with Gasteiger partial charge >= 0.3 is 0 Å². The molecule has 116 valence electrons. The summed E-state index contributed by atoms with van der Waals surface area (Å²) in [5.41, 5.74) is 1.85. The summed E-state index contributed by atoms with van der Waals surface area (Å²) in [7, 11) is 3.32. The van der Waals surface area contributed by atoms with E-state index in [4.69, 9.17) is 9.47 Å². The van der Waals surface area contributed by atoms with Gasteiger partial charge < -0.3 is 9.47 Å². The van der Waals surface area contributed by atoms with Crippen LogP contribution in [0.5, 0.6) is 11.5 Å². The molecule has 1 heterocycles.